The molecule has 6 heteroatoms. The number of aromatic nitrogens is 1. The first-order chi connectivity index (χ1) is 8.68. The molecule has 2 N–H and O–H groups in total. The van der Waals surface area contributed by atoms with Gasteiger partial charge in [0, 0.05) is 11.4 Å². The average molecular weight is 268 g/mol. The molecule has 5 nitrogen and oxygen atoms in total. The fourth-order valence-electron chi connectivity index (χ4n) is 2.34. The van der Waals surface area contributed by atoms with E-state index in [1.807, 2.05) is 0 Å². The summed E-state index contributed by atoms with van der Waals surface area (Å²) < 4.78 is 0. The van der Waals surface area contributed by atoms with Crippen molar-refractivity contribution >= 4 is 23.2 Å². The summed E-state index contributed by atoms with van der Waals surface area (Å²) in [4.78, 5) is 27.0. The van der Waals surface area contributed by atoms with Crippen LogP contribution in [0.3, 0.4) is 0 Å². The summed E-state index contributed by atoms with van der Waals surface area (Å²) in [5, 5.41) is 13.7. The number of carboxylic acids is 1. The number of hydrogen-bond acceptors (Lipinski definition) is 4. The van der Waals surface area contributed by atoms with E-state index in [0.717, 1.165) is 25.7 Å². The van der Waals surface area contributed by atoms with Crippen LogP contribution in [0.15, 0.2) is 10.9 Å². The van der Waals surface area contributed by atoms with E-state index in [4.69, 9.17) is 0 Å². The maximum Gasteiger partial charge on any atom is 0.308 e. The zero-order valence-corrected chi connectivity index (χ0v) is 10.8. The fourth-order valence-corrected chi connectivity index (χ4v) is 2.88. The number of aliphatic carboxylic acids is 1. The Morgan fingerprint density at radius 3 is 2.78 bits per heavy atom. The van der Waals surface area contributed by atoms with Gasteiger partial charge in [-0.1, -0.05) is 19.3 Å². The van der Waals surface area contributed by atoms with Gasteiger partial charge in [0.15, 0.2) is 0 Å². The van der Waals surface area contributed by atoms with Gasteiger partial charge in [-0.25, -0.2) is 4.98 Å². The summed E-state index contributed by atoms with van der Waals surface area (Å²) in [6.45, 7) is 0. The minimum absolute atomic E-state index is 0.269. The van der Waals surface area contributed by atoms with Gasteiger partial charge in [-0.05, 0) is 12.8 Å². The topological polar surface area (TPSA) is 79.3 Å². The van der Waals surface area contributed by atoms with Crippen molar-refractivity contribution in [3.63, 3.8) is 0 Å². The van der Waals surface area contributed by atoms with Crippen molar-refractivity contribution in [3.05, 3.63) is 16.6 Å². The van der Waals surface area contributed by atoms with Crippen molar-refractivity contribution in [1.82, 2.24) is 10.3 Å². The second kappa shape index (κ2) is 5.95. The number of amides is 1. The molecule has 1 fully saturated rings. The van der Waals surface area contributed by atoms with Crippen molar-refractivity contribution in [2.45, 2.75) is 38.1 Å². The highest BCUT2D eigenvalue weighted by Gasteiger charge is 2.30. The highest BCUT2D eigenvalue weighted by atomic mass is 32.1. The number of rotatable bonds is 3. The number of carbonyl (C=O) groups is 2. The summed E-state index contributed by atoms with van der Waals surface area (Å²) in [5.41, 5.74) is 1.96. The lowest BCUT2D eigenvalue weighted by Crippen LogP contribution is -2.42. The molecule has 1 aliphatic carbocycles. The lowest BCUT2D eigenvalue weighted by molar-refractivity contribution is -0.142. The zero-order valence-electron chi connectivity index (χ0n) is 9.96. The van der Waals surface area contributed by atoms with Crippen LogP contribution in [-0.2, 0) is 4.79 Å². The molecule has 98 valence electrons. The number of thiazole rings is 1. The lowest BCUT2D eigenvalue weighted by atomic mass is 9.95. The van der Waals surface area contributed by atoms with E-state index in [2.05, 4.69) is 10.3 Å². The Hall–Kier alpha value is -1.43. The van der Waals surface area contributed by atoms with E-state index >= 15 is 0 Å². The number of nitrogens with one attached hydrogen (secondary N) is 1. The van der Waals surface area contributed by atoms with E-state index in [0.29, 0.717) is 12.1 Å². The van der Waals surface area contributed by atoms with Crippen molar-refractivity contribution in [2.24, 2.45) is 5.92 Å². The molecule has 2 rings (SSSR count). The number of carboxylic acid groups (broad SMARTS) is 1. The summed E-state index contributed by atoms with van der Waals surface area (Å²) >= 11 is 1.35. The van der Waals surface area contributed by atoms with Crippen LogP contribution < -0.4 is 5.32 Å². The Kier molecular flexibility index (Phi) is 4.30. The number of carbonyl (C=O) groups excluding carboxylic acids is 1. The van der Waals surface area contributed by atoms with Crippen LogP contribution in [0.4, 0.5) is 0 Å². The van der Waals surface area contributed by atoms with Gasteiger partial charge in [-0.3, -0.25) is 9.59 Å². The maximum absolute atomic E-state index is 11.9. The van der Waals surface area contributed by atoms with Crippen molar-refractivity contribution < 1.29 is 14.7 Å². The summed E-state index contributed by atoms with van der Waals surface area (Å²) in [6.07, 6.45) is 4.28. The first kappa shape index (κ1) is 13.0. The number of hydrogen-bond donors (Lipinski definition) is 2. The molecule has 0 aromatic carbocycles. The van der Waals surface area contributed by atoms with Gasteiger partial charge in [0.1, 0.15) is 5.69 Å². The molecule has 18 heavy (non-hydrogen) atoms. The molecule has 1 saturated carbocycles. The SMILES string of the molecule is O=C(N[C@@H]1CCCCC[C@@H]1C(=O)O)c1cscn1. The van der Waals surface area contributed by atoms with Crippen molar-refractivity contribution in [1.29, 1.82) is 0 Å². The quantitative estimate of drug-likeness (QED) is 0.821. The van der Waals surface area contributed by atoms with Gasteiger partial charge >= 0.3 is 5.97 Å². The first-order valence-corrected chi connectivity index (χ1v) is 7.04. The Morgan fingerprint density at radius 1 is 1.33 bits per heavy atom. The van der Waals surface area contributed by atoms with Crippen LogP contribution in [0.25, 0.3) is 0 Å². The predicted molar refractivity (Wildman–Crippen MR) is 67.6 cm³/mol. The minimum atomic E-state index is -0.819. The predicted octanol–water partition coefficient (Wildman–Crippen LogP) is 1.91. The zero-order chi connectivity index (χ0) is 13.0. The molecule has 1 amide bonds. The van der Waals surface area contributed by atoms with Gasteiger partial charge < -0.3 is 10.4 Å². The maximum atomic E-state index is 11.9. The largest absolute Gasteiger partial charge is 0.481 e. The Morgan fingerprint density at radius 2 is 2.11 bits per heavy atom. The molecule has 0 radical (unpaired) electrons. The molecule has 1 heterocycles. The van der Waals surface area contributed by atoms with Crippen LogP contribution in [0.5, 0.6) is 0 Å². The molecule has 1 aliphatic rings. The second-order valence-electron chi connectivity index (χ2n) is 4.54. The van der Waals surface area contributed by atoms with Gasteiger partial charge in [-0.2, -0.15) is 0 Å². The third-order valence-electron chi connectivity index (χ3n) is 3.31. The van der Waals surface area contributed by atoms with E-state index in [9.17, 15) is 14.7 Å². The Labute approximate surface area is 109 Å². The summed E-state index contributed by atoms with van der Waals surface area (Å²) in [6, 6.07) is -0.279. The van der Waals surface area contributed by atoms with Gasteiger partial charge in [0.05, 0.1) is 11.4 Å². The minimum Gasteiger partial charge on any atom is -0.481 e. The highest BCUT2D eigenvalue weighted by Crippen LogP contribution is 2.24. The highest BCUT2D eigenvalue weighted by molar-refractivity contribution is 7.07. The standard InChI is InChI=1S/C12H16N2O3S/c15-11(10-6-18-7-13-10)14-9-5-3-1-2-4-8(9)12(16)17/h6-9H,1-5H2,(H,14,15)(H,16,17)/t8-,9+/m0/s1. The van der Waals surface area contributed by atoms with Gasteiger partial charge in [0.2, 0.25) is 0 Å². The molecular formula is C12H16N2O3S. The van der Waals surface area contributed by atoms with E-state index in [1.165, 1.54) is 11.3 Å². The normalized spacial score (nSPS) is 24.2. The van der Waals surface area contributed by atoms with E-state index in [1.54, 1.807) is 10.9 Å². The molecule has 0 unspecified atom stereocenters. The molecule has 0 aliphatic heterocycles. The van der Waals surface area contributed by atoms with E-state index < -0.39 is 11.9 Å². The van der Waals surface area contributed by atoms with Crippen molar-refractivity contribution in [3.8, 4) is 0 Å². The van der Waals surface area contributed by atoms with Crippen LogP contribution in [0.1, 0.15) is 42.6 Å². The molecule has 1 aromatic rings. The van der Waals surface area contributed by atoms with Crippen molar-refractivity contribution in [2.75, 3.05) is 0 Å². The summed E-state index contributed by atoms with van der Waals surface area (Å²) in [7, 11) is 0. The second-order valence-corrected chi connectivity index (χ2v) is 5.26. The Balaban J connectivity index is 2.04. The van der Waals surface area contributed by atoms with Crippen LogP contribution in [-0.4, -0.2) is 28.0 Å². The smallest absolute Gasteiger partial charge is 0.308 e. The molecule has 0 saturated heterocycles. The lowest BCUT2D eigenvalue weighted by Gasteiger charge is -2.22. The first-order valence-electron chi connectivity index (χ1n) is 6.10. The average Bonchev–Trinajstić information content (AvgIpc) is 2.77. The van der Waals surface area contributed by atoms with E-state index in [-0.39, 0.29) is 11.9 Å². The van der Waals surface area contributed by atoms with Crippen LogP contribution >= 0.6 is 11.3 Å². The van der Waals surface area contributed by atoms with Gasteiger partial charge in [0.25, 0.3) is 5.91 Å². The molecule has 2 atom stereocenters. The van der Waals surface area contributed by atoms with Crippen LogP contribution in [0.2, 0.25) is 0 Å². The third kappa shape index (κ3) is 3.07. The fraction of sp³-hybridized carbons (Fsp3) is 0.583. The monoisotopic (exact) mass is 268 g/mol. The Bertz CT molecular complexity index is 419. The third-order valence-corrected chi connectivity index (χ3v) is 3.90. The van der Waals surface area contributed by atoms with Gasteiger partial charge in [-0.15, -0.1) is 11.3 Å². The van der Waals surface area contributed by atoms with Crippen LogP contribution in [0, 0.1) is 5.92 Å². The molecule has 0 bridgehead atoms. The molecule has 1 aromatic heterocycles. The summed E-state index contributed by atoms with van der Waals surface area (Å²) in [5.74, 6) is -1.56. The molecule has 0 spiro atoms. The molecular weight excluding hydrogens is 252 g/mol. The number of nitrogens with zero attached hydrogens (tertiary/aromatic N) is 1.